The topological polar surface area (TPSA) is 38.3 Å². The van der Waals surface area contributed by atoms with Gasteiger partial charge in [0, 0.05) is 10.2 Å². The van der Waals surface area contributed by atoms with Crippen LogP contribution in [-0.4, -0.2) is 12.5 Å². The molecule has 0 spiro atoms. The third-order valence-electron chi connectivity index (χ3n) is 3.18. The average molecular weight is 362 g/mol. The molecule has 3 nitrogen and oxygen atoms in total. The number of halogens is 1. The summed E-state index contributed by atoms with van der Waals surface area (Å²) in [5.41, 5.74) is 1.97. The van der Waals surface area contributed by atoms with E-state index in [0.29, 0.717) is 5.75 Å². The molecule has 1 N–H and O–H groups in total. The summed E-state index contributed by atoms with van der Waals surface area (Å²) in [5.74, 6) is 0.524. The van der Waals surface area contributed by atoms with Crippen molar-refractivity contribution >= 4 is 27.5 Å². The highest BCUT2D eigenvalue weighted by atomic mass is 79.9. The van der Waals surface area contributed by atoms with Gasteiger partial charge in [0.05, 0.1) is 0 Å². The van der Waals surface area contributed by atoms with Crippen molar-refractivity contribution in [3.63, 3.8) is 0 Å². The fourth-order valence-electron chi connectivity index (χ4n) is 1.96. The van der Waals surface area contributed by atoms with Crippen molar-refractivity contribution in [2.24, 2.45) is 0 Å². The highest BCUT2D eigenvalue weighted by Gasteiger charge is 2.14. The van der Waals surface area contributed by atoms with Crippen LogP contribution in [-0.2, 0) is 10.2 Å². The van der Waals surface area contributed by atoms with Crippen LogP contribution in [0.15, 0.2) is 53.0 Å². The van der Waals surface area contributed by atoms with Gasteiger partial charge in [0.15, 0.2) is 6.61 Å². The van der Waals surface area contributed by atoms with Gasteiger partial charge < -0.3 is 10.1 Å². The summed E-state index contributed by atoms with van der Waals surface area (Å²) in [5, 5.41) is 2.80. The van der Waals surface area contributed by atoms with Crippen LogP contribution in [0.4, 0.5) is 5.69 Å². The van der Waals surface area contributed by atoms with Crippen LogP contribution < -0.4 is 10.1 Å². The van der Waals surface area contributed by atoms with Crippen LogP contribution in [0.3, 0.4) is 0 Å². The Labute approximate surface area is 139 Å². The molecule has 22 heavy (non-hydrogen) atoms. The van der Waals surface area contributed by atoms with Gasteiger partial charge >= 0.3 is 0 Å². The number of carbonyl (C=O) groups excluding carboxylic acids is 1. The molecule has 1 amide bonds. The van der Waals surface area contributed by atoms with Crippen LogP contribution in [0.1, 0.15) is 26.3 Å². The Kier molecular flexibility index (Phi) is 5.24. The Morgan fingerprint density at radius 3 is 2.55 bits per heavy atom. The van der Waals surface area contributed by atoms with Gasteiger partial charge in [-0.1, -0.05) is 54.9 Å². The molecule has 0 saturated heterocycles. The number of benzene rings is 2. The quantitative estimate of drug-likeness (QED) is 0.851. The molecule has 2 aromatic carbocycles. The molecular formula is C18H20BrNO2. The van der Waals surface area contributed by atoms with E-state index in [9.17, 15) is 4.79 Å². The van der Waals surface area contributed by atoms with Crippen molar-refractivity contribution in [1.29, 1.82) is 0 Å². The first kappa shape index (κ1) is 16.6. The number of hydrogen-bond acceptors (Lipinski definition) is 2. The molecular weight excluding hydrogens is 342 g/mol. The molecule has 2 rings (SSSR count). The van der Waals surface area contributed by atoms with Crippen LogP contribution in [0.2, 0.25) is 0 Å². The lowest BCUT2D eigenvalue weighted by Gasteiger charge is -2.19. The average Bonchev–Trinajstić information content (AvgIpc) is 2.45. The van der Waals surface area contributed by atoms with Crippen molar-refractivity contribution in [1.82, 2.24) is 0 Å². The number of nitrogens with one attached hydrogen (secondary N) is 1. The van der Waals surface area contributed by atoms with Crippen molar-refractivity contribution in [3.05, 3.63) is 58.6 Å². The monoisotopic (exact) mass is 361 g/mol. The van der Waals surface area contributed by atoms with Crippen LogP contribution in [0.5, 0.6) is 5.75 Å². The van der Waals surface area contributed by atoms with E-state index < -0.39 is 0 Å². The Morgan fingerprint density at radius 1 is 1.14 bits per heavy atom. The number of amides is 1. The van der Waals surface area contributed by atoms with E-state index in [-0.39, 0.29) is 17.9 Å². The highest BCUT2D eigenvalue weighted by molar-refractivity contribution is 9.10. The maximum absolute atomic E-state index is 11.9. The minimum Gasteiger partial charge on any atom is -0.484 e. The number of ether oxygens (including phenoxy) is 1. The third-order valence-corrected chi connectivity index (χ3v) is 3.67. The van der Waals surface area contributed by atoms with Crippen molar-refractivity contribution in [2.75, 3.05) is 11.9 Å². The zero-order chi connectivity index (χ0) is 16.2. The van der Waals surface area contributed by atoms with Gasteiger partial charge in [-0.2, -0.15) is 0 Å². The Balaban J connectivity index is 1.94. The molecule has 0 aliphatic rings. The van der Waals surface area contributed by atoms with Gasteiger partial charge in [0.2, 0.25) is 0 Å². The molecule has 0 atom stereocenters. The first-order valence-electron chi connectivity index (χ1n) is 7.13. The minimum absolute atomic E-state index is 0.0138. The third kappa shape index (κ3) is 4.88. The molecule has 0 unspecified atom stereocenters. The summed E-state index contributed by atoms with van der Waals surface area (Å²) < 4.78 is 6.50. The summed E-state index contributed by atoms with van der Waals surface area (Å²) in [6, 6.07) is 15.3. The number of hydrogen-bond donors (Lipinski definition) is 1. The summed E-state index contributed by atoms with van der Waals surface area (Å²) in [4.78, 5) is 11.9. The molecule has 0 saturated carbocycles. The van der Waals surface area contributed by atoms with Gasteiger partial charge in [-0.15, -0.1) is 0 Å². The fourth-order valence-corrected chi connectivity index (χ4v) is 2.36. The van der Waals surface area contributed by atoms with E-state index in [0.717, 1.165) is 10.2 Å². The van der Waals surface area contributed by atoms with Crippen LogP contribution >= 0.6 is 15.9 Å². The molecule has 4 heteroatoms. The Bertz CT molecular complexity index is 662. The maximum atomic E-state index is 11.9. The van der Waals surface area contributed by atoms with Crippen LogP contribution in [0, 0.1) is 0 Å². The second kappa shape index (κ2) is 6.97. The lowest BCUT2D eigenvalue weighted by Crippen LogP contribution is -2.20. The smallest absolute Gasteiger partial charge is 0.262 e. The fraction of sp³-hybridized carbons (Fsp3) is 0.278. The molecule has 0 radical (unpaired) electrons. The first-order valence-corrected chi connectivity index (χ1v) is 7.93. The largest absolute Gasteiger partial charge is 0.484 e. The standard InChI is InChI=1S/C18H20BrNO2/c1-18(2,3)13-6-4-9-16(10-13)22-12-17(21)20-15-8-5-7-14(19)11-15/h4-11H,12H2,1-3H3,(H,20,21). The second-order valence-electron chi connectivity index (χ2n) is 6.13. The SMILES string of the molecule is CC(C)(C)c1cccc(OCC(=O)Nc2cccc(Br)c2)c1. The van der Waals surface area contributed by atoms with Crippen LogP contribution in [0.25, 0.3) is 0 Å². The summed E-state index contributed by atoms with van der Waals surface area (Å²) in [6.45, 7) is 6.42. The van der Waals surface area contributed by atoms with Gasteiger partial charge in [-0.05, 0) is 41.3 Å². The van der Waals surface area contributed by atoms with E-state index in [4.69, 9.17) is 4.74 Å². The summed E-state index contributed by atoms with van der Waals surface area (Å²) in [6.07, 6.45) is 0. The predicted molar refractivity (Wildman–Crippen MR) is 93.4 cm³/mol. The molecule has 0 heterocycles. The summed E-state index contributed by atoms with van der Waals surface area (Å²) in [7, 11) is 0. The normalized spacial score (nSPS) is 11.1. The van der Waals surface area contributed by atoms with Gasteiger partial charge in [0.25, 0.3) is 5.91 Å². The van der Waals surface area contributed by atoms with E-state index >= 15 is 0 Å². The van der Waals surface area contributed by atoms with Gasteiger partial charge in [0.1, 0.15) is 5.75 Å². The molecule has 0 aliphatic carbocycles. The lowest BCUT2D eigenvalue weighted by atomic mass is 9.87. The predicted octanol–water partition coefficient (Wildman–Crippen LogP) is 4.76. The molecule has 0 fully saturated rings. The number of rotatable bonds is 4. The summed E-state index contributed by atoms with van der Waals surface area (Å²) >= 11 is 3.37. The Morgan fingerprint density at radius 2 is 1.86 bits per heavy atom. The zero-order valence-corrected chi connectivity index (χ0v) is 14.6. The van der Waals surface area contributed by atoms with Crippen molar-refractivity contribution < 1.29 is 9.53 Å². The van der Waals surface area contributed by atoms with Gasteiger partial charge in [-0.25, -0.2) is 0 Å². The Hall–Kier alpha value is -1.81. The molecule has 0 aliphatic heterocycles. The first-order chi connectivity index (χ1) is 10.3. The number of anilines is 1. The van der Waals surface area contributed by atoms with E-state index in [1.54, 1.807) is 0 Å². The highest BCUT2D eigenvalue weighted by Crippen LogP contribution is 2.25. The van der Waals surface area contributed by atoms with Gasteiger partial charge in [-0.3, -0.25) is 4.79 Å². The van der Waals surface area contributed by atoms with Crippen molar-refractivity contribution in [2.45, 2.75) is 26.2 Å². The van der Waals surface area contributed by atoms with E-state index in [1.165, 1.54) is 5.56 Å². The van der Waals surface area contributed by atoms with Crippen molar-refractivity contribution in [3.8, 4) is 5.75 Å². The second-order valence-corrected chi connectivity index (χ2v) is 7.04. The molecule has 0 aromatic heterocycles. The number of carbonyl (C=O) groups is 1. The zero-order valence-electron chi connectivity index (χ0n) is 13.0. The molecule has 2 aromatic rings. The molecule has 116 valence electrons. The molecule has 0 bridgehead atoms. The maximum Gasteiger partial charge on any atom is 0.262 e. The lowest BCUT2D eigenvalue weighted by molar-refractivity contribution is -0.118. The minimum atomic E-state index is -0.181. The van der Waals surface area contributed by atoms with E-state index in [2.05, 4.69) is 48.1 Å². The van der Waals surface area contributed by atoms with E-state index in [1.807, 2.05) is 42.5 Å².